The second kappa shape index (κ2) is 6.08. The number of aliphatic hydroxyl groups is 1. The van der Waals surface area contributed by atoms with Crippen LogP contribution in [0.25, 0.3) is 0 Å². The van der Waals surface area contributed by atoms with Gasteiger partial charge in [0.25, 0.3) is 0 Å². The Kier molecular flexibility index (Phi) is 5.05. The molecule has 1 aliphatic heterocycles. The highest BCUT2D eigenvalue weighted by molar-refractivity contribution is 5.82. The Morgan fingerprint density at radius 3 is 3.00 bits per heavy atom. The molecule has 3 N–H and O–H groups in total. The van der Waals surface area contributed by atoms with Crippen molar-refractivity contribution in [3.05, 3.63) is 0 Å². The van der Waals surface area contributed by atoms with Gasteiger partial charge in [-0.3, -0.25) is 4.79 Å². The molecule has 1 heterocycles. The summed E-state index contributed by atoms with van der Waals surface area (Å²) in [5, 5.41) is 9.11. The topological polar surface area (TPSA) is 66.6 Å². The molecule has 1 fully saturated rings. The van der Waals surface area contributed by atoms with Crippen molar-refractivity contribution in [3.63, 3.8) is 0 Å². The minimum atomic E-state index is -0.378. The molecule has 1 saturated heterocycles. The number of aliphatic hydroxyl groups excluding tert-OH is 1. The van der Waals surface area contributed by atoms with Crippen molar-refractivity contribution in [2.24, 2.45) is 5.73 Å². The summed E-state index contributed by atoms with van der Waals surface area (Å²) in [4.78, 5) is 13.7. The molecule has 0 aromatic heterocycles. The van der Waals surface area contributed by atoms with E-state index in [4.69, 9.17) is 10.8 Å². The van der Waals surface area contributed by atoms with Crippen LogP contribution in [0, 0.1) is 0 Å². The van der Waals surface area contributed by atoms with E-state index in [1.54, 1.807) is 4.90 Å². The van der Waals surface area contributed by atoms with Crippen LogP contribution in [0.5, 0.6) is 0 Å². The summed E-state index contributed by atoms with van der Waals surface area (Å²) in [5.41, 5.74) is 5.83. The molecule has 15 heavy (non-hydrogen) atoms. The normalized spacial score (nSPS) is 23.1. The number of hydrogen-bond donors (Lipinski definition) is 2. The standard InChI is InChI=1S/C11H22N2O2/c1-2-3-6-10(12)11(15)13-7-4-5-9(13)8-14/h9-10,14H,2-8,12H2,1H3/t9-,10+/m1/s1. The largest absolute Gasteiger partial charge is 0.394 e. The first-order valence-corrected chi connectivity index (χ1v) is 5.87. The highest BCUT2D eigenvalue weighted by Crippen LogP contribution is 2.18. The third-order valence-corrected chi connectivity index (χ3v) is 3.06. The van der Waals surface area contributed by atoms with E-state index in [2.05, 4.69) is 6.92 Å². The molecular weight excluding hydrogens is 192 g/mol. The van der Waals surface area contributed by atoms with Gasteiger partial charge in [0.05, 0.1) is 18.7 Å². The Hall–Kier alpha value is -0.610. The van der Waals surface area contributed by atoms with Crippen LogP contribution in [-0.2, 0) is 4.79 Å². The molecule has 0 aromatic rings. The lowest BCUT2D eigenvalue weighted by Crippen LogP contribution is -2.47. The zero-order valence-corrected chi connectivity index (χ0v) is 9.48. The van der Waals surface area contributed by atoms with Gasteiger partial charge in [-0.05, 0) is 19.3 Å². The van der Waals surface area contributed by atoms with Crippen molar-refractivity contribution in [2.45, 2.75) is 51.1 Å². The number of hydrogen-bond acceptors (Lipinski definition) is 3. The van der Waals surface area contributed by atoms with E-state index in [0.717, 1.165) is 38.6 Å². The monoisotopic (exact) mass is 214 g/mol. The van der Waals surface area contributed by atoms with Gasteiger partial charge in [0.15, 0.2) is 0 Å². The van der Waals surface area contributed by atoms with Crippen molar-refractivity contribution in [3.8, 4) is 0 Å². The number of amides is 1. The van der Waals surface area contributed by atoms with Crippen LogP contribution in [0.2, 0.25) is 0 Å². The quantitative estimate of drug-likeness (QED) is 0.700. The number of rotatable bonds is 5. The Labute approximate surface area is 91.4 Å². The third kappa shape index (κ3) is 3.18. The number of carbonyl (C=O) groups excluding carboxylic acids is 1. The first-order valence-electron chi connectivity index (χ1n) is 5.87. The van der Waals surface area contributed by atoms with Crippen LogP contribution < -0.4 is 5.73 Å². The van der Waals surface area contributed by atoms with Gasteiger partial charge in [-0.1, -0.05) is 19.8 Å². The van der Waals surface area contributed by atoms with E-state index in [1.165, 1.54) is 0 Å². The Bertz CT molecular complexity index is 209. The fraction of sp³-hybridized carbons (Fsp3) is 0.909. The summed E-state index contributed by atoms with van der Waals surface area (Å²) in [7, 11) is 0. The first kappa shape index (κ1) is 12.5. The van der Waals surface area contributed by atoms with Gasteiger partial charge in [0, 0.05) is 6.54 Å². The second-order valence-electron chi connectivity index (χ2n) is 4.26. The predicted molar refractivity (Wildman–Crippen MR) is 59.3 cm³/mol. The minimum Gasteiger partial charge on any atom is -0.394 e. The van der Waals surface area contributed by atoms with Crippen LogP contribution >= 0.6 is 0 Å². The summed E-state index contributed by atoms with van der Waals surface area (Å²) in [5.74, 6) is 0.0139. The molecule has 0 saturated carbocycles. The number of nitrogens with two attached hydrogens (primary N) is 1. The molecule has 0 radical (unpaired) electrons. The molecule has 4 nitrogen and oxygen atoms in total. The Morgan fingerprint density at radius 2 is 2.40 bits per heavy atom. The Morgan fingerprint density at radius 1 is 1.67 bits per heavy atom. The van der Waals surface area contributed by atoms with Gasteiger partial charge < -0.3 is 15.7 Å². The summed E-state index contributed by atoms with van der Waals surface area (Å²) >= 11 is 0. The van der Waals surface area contributed by atoms with Crippen molar-refractivity contribution in [1.29, 1.82) is 0 Å². The highest BCUT2D eigenvalue weighted by Gasteiger charge is 2.30. The molecular formula is C11H22N2O2. The van der Waals surface area contributed by atoms with Gasteiger partial charge in [-0.25, -0.2) is 0 Å². The molecule has 0 aliphatic carbocycles. The minimum absolute atomic E-state index is 0.00479. The van der Waals surface area contributed by atoms with Crippen molar-refractivity contribution >= 4 is 5.91 Å². The fourth-order valence-electron chi connectivity index (χ4n) is 2.08. The lowest BCUT2D eigenvalue weighted by atomic mass is 10.1. The number of unbranched alkanes of at least 4 members (excludes halogenated alkanes) is 1. The molecule has 2 atom stereocenters. The van der Waals surface area contributed by atoms with E-state index in [0.29, 0.717) is 0 Å². The molecule has 0 spiro atoms. The molecule has 1 aliphatic rings. The van der Waals surface area contributed by atoms with Crippen LogP contribution in [0.4, 0.5) is 0 Å². The van der Waals surface area contributed by atoms with Crippen molar-refractivity contribution in [2.75, 3.05) is 13.2 Å². The molecule has 4 heteroatoms. The maximum absolute atomic E-state index is 11.9. The van der Waals surface area contributed by atoms with E-state index in [1.807, 2.05) is 0 Å². The van der Waals surface area contributed by atoms with Crippen molar-refractivity contribution < 1.29 is 9.90 Å². The van der Waals surface area contributed by atoms with E-state index >= 15 is 0 Å². The molecule has 1 rings (SSSR count). The summed E-state index contributed by atoms with van der Waals surface area (Å²) in [6.07, 6.45) is 4.69. The molecule has 88 valence electrons. The second-order valence-corrected chi connectivity index (χ2v) is 4.26. The lowest BCUT2D eigenvalue weighted by molar-refractivity contribution is -0.134. The van der Waals surface area contributed by atoms with Gasteiger partial charge in [0.2, 0.25) is 5.91 Å². The van der Waals surface area contributed by atoms with Gasteiger partial charge in [-0.2, -0.15) is 0 Å². The Balaban J connectivity index is 2.44. The van der Waals surface area contributed by atoms with E-state index < -0.39 is 0 Å². The fourth-order valence-corrected chi connectivity index (χ4v) is 2.08. The molecule has 1 amide bonds. The van der Waals surface area contributed by atoms with Crippen LogP contribution in [-0.4, -0.2) is 41.1 Å². The SMILES string of the molecule is CCCC[C@H](N)C(=O)N1CCC[C@@H]1CO. The number of carbonyl (C=O) groups is 1. The van der Waals surface area contributed by atoms with Gasteiger partial charge in [-0.15, -0.1) is 0 Å². The lowest BCUT2D eigenvalue weighted by Gasteiger charge is -2.26. The van der Waals surface area contributed by atoms with Gasteiger partial charge in [0.1, 0.15) is 0 Å². The third-order valence-electron chi connectivity index (χ3n) is 3.06. The summed E-state index contributed by atoms with van der Waals surface area (Å²) < 4.78 is 0. The first-order chi connectivity index (χ1) is 7.20. The highest BCUT2D eigenvalue weighted by atomic mass is 16.3. The maximum atomic E-state index is 11.9. The summed E-state index contributed by atoms with van der Waals surface area (Å²) in [6, 6.07) is -0.373. The predicted octanol–water partition coefficient (Wildman–Crippen LogP) is 0.487. The van der Waals surface area contributed by atoms with E-state index in [-0.39, 0.29) is 24.6 Å². The van der Waals surface area contributed by atoms with E-state index in [9.17, 15) is 4.79 Å². The molecule has 0 aromatic carbocycles. The summed E-state index contributed by atoms with van der Waals surface area (Å²) in [6.45, 7) is 2.90. The number of nitrogens with zero attached hydrogens (tertiary/aromatic N) is 1. The zero-order valence-electron chi connectivity index (χ0n) is 9.48. The average Bonchev–Trinajstić information content (AvgIpc) is 2.72. The average molecular weight is 214 g/mol. The van der Waals surface area contributed by atoms with Crippen LogP contribution in [0.1, 0.15) is 39.0 Å². The van der Waals surface area contributed by atoms with Gasteiger partial charge >= 0.3 is 0 Å². The van der Waals surface area contributed by atoms with Crippen molar-refractivity contribution in [1.82, 2.24) is 4.90 Å². The van der Waals surface area contributed by atoms with Crippen LogP contribution in [0.15, 0.2) is 0 Å². The molecule has 0 bridgehead atoms. The molecule has 0 unspecified atom stereocenters. The zero-order chi connectivity index (χ0) is 11.3. The van der Waals surface area contributed by atoms with Crippen LogP contribution in [0.3, 0.4) is 0 Å². The smallest absolute Gasteiger partial charge is 0.239 e. The maximum Gasteiger partial charge on any atom is 0.239 e. The number of likely N-dealkylation sites (tertiary alicyclic amines) is 1.